The highest BCUT2D eigenvalue weighted by Crippen LogP contribution is 2.25. The lowest BCUT2D eigenvalue weighted by atomic mass is 9.84. The second-order valence-corrected chi connectivity index (χ2v) is 7.10. The molecule has 1 atom stereocenters. The molecule has 0 aromatic rings. The second-order valence-electron chi connectivity index (χ2n) is 7.10. The molecule has 2 heterocycles. The van der Waals surface area contributed by atoms with E-state index in [1.807, 2.05) is 0 Å². The molecule has 0 aromatic carbocycles. The van der Waals surface area contributed by atoms with Gasteiger partial charge < -0.3 is 4.90 Å². The van der Waals surface area contributed by atoms with Crippen molar-refractivity contribution in [1.29, 1.82) is 0 Å². The van der Waals surface area contributed by atoms with E-state index in [9.17, 15) is 0 Å². The van der Waals surface area contributed by atoms with E-state index < -0.39 is 0 Å². The van der Waals surface area contributed by atoms with Crippen LogP contribution in [0, 0.1) is 17.8 Å². The zero-order valence-corrected chi connectivity index (χ0v) is 12.9. The van der Waals surface area contributed by atoms with E-state index in [1.54, 1.807) is 0 Å². The van der Waals surface area contributed by atoms with Crippen molar-refractivity contribution in [2.45, 2.75) is 53.0 Å². The summed E-state index contributed by atoms with van der Waals surface area (Å²) in [5, 5.41) is 0. The van der Waals surface area contributed by atoms with Crippen LogP contribution < -0.4 is 0 Å². The molecule has 2 heteroatoms. The summed E-state index contributed by atoms with van der Waals surface area (Å²) in [6, 6.07) is 0.868. The predicted molar refractivity (Wildman–Crippen MR) is 78.8 cm³/mol. The SMILES string of the molecule is CC(C)C(CN1CCN2CCCCC2C1)C(C)C. The maximum absolute atomic E-state index is 2.75. The van der Waals surface area contributed by atoms with Gasteiger partial charge >= 0.3 is 0 Å². The molecule has 0 aliphatic carbocycles. The Bertz CT molecular complexity index is 241. The van der Waals surface area contributed by atoms with Crippen molar-refractivity contribution in [3.63, 3.8) is 0 Å². The van der Waals surface area contributed by atoms with E-state index in [4.69, 9.17) is 0 Å². The molecule has 2 saturated heterocycles. The van der Waals surface area contributed by atoms with Crippen LogP contribution >= 0.6 is 0 Å². The molecular formula is C16H32N2. The summed E-state index contributed by atoms with van der Waals surface area (Å²) in [4.78, 5) is 5.48. The number of piperazine rings is 1. The molecular weight excluding hydrogens is 220 g/mol. The zero-order chi connectivity index (χ0) is 13.1. The molecule has 2 nitrogen and oxygen atoms in total. The molecule has 0 amide bonds. The Balaban J connectivity index is 1.86. The van der Waals surface area contributed by atoms with Crippen molar-refractivity contribution in [1.82, 2.24) is 9.80 Å². The van der Waals surface area contributed by atoms with Crippen LogP contribution in [0.4, 0.5) is 0 Å². The van der Waals surface area contributed by atoms with Crippen molar-refractivity contribution >= 4 is 0 Å². The van der Waals surface area contributed by atoms with Crippen molar-refractivity contribution in [2.75, 3.05) is 32.7 Å². The maximum atomic E-state index is 2.75. The lowest BCUT2D eigenvalue weighted by Crippen LogP contribution is -2.55. The monoisotopic (exact) mass is 252 g/mol. The summed E-state index contributed by atoms with van der Waals surface area (Å²) in [7, 11) is 0. The average molecular weight is 252 g/mol. The zero-order valence-electron chi connectivity index (χ0n) is 12.9. The quantitative estimate of drug-likeness (QED) is 0.758. The largest absolute Gasteiger partial charge is 0.300 e. The van der Waals surface area contributed by atoms with Gasteiger partial charge in [0.1, 0.15) is 0 Å². The molecule has 0 spiro atoms. The smallest absolute Gasteiger partial charge is 0.0223 e. The normalized spacial score (nSPS) is 27.2. The third kappa shape index (κ3) is 3.48. The van der Waals surface area contributed by atoms with Crippen LogP contribution in [-0.4, -0.2) is 48.6 Å². The highest BCUT2D eigenvalue weighted by atomic mass is 15.3. The summed E-state index contributed by atoms with van der Waals surface area (Å²) in [5.41, 5.74) is 0. The topological polar surface area (TPSA) is 6.48 Å². The highest BCUT2D eigenvalue weighted by Gasteiger charge is 2.30. The van der Waals surface area contributed by atoms with Crippen molar-refractivity contribution in [3.05, 3.63) is 0 Å². The van der Waals surface area contributed by atoms with Gasteiger partial charge in [0.25, 0.3) is 0 Å². The van der Waals surface area contributed by atoms with Crippen LogP contribution in [0.1, 0.15) is 47.0 Å². The average Bonchev–Trinajstić information content (AvgIpc) is 2.35. The predicted octanol–water partition coefficient (Wildman–Crippen LogP) is 3.08. The minimum absolute atomic E-state index is 0.814. The van der Waals surface area contributed by atoms with Gasteiger partial charge in [-0.05, 0) is 37.1 Å². The van der Waals surface area contributed by atoms with Gasteiger partial charge in [0.15, 0.2) is 0 Å². The van der Waals surface area contributed by atoms with Gasteiger partial charge in [0.2, 0.25) is 0 Å². The van der Waals surface area contributed by atoms with Crippen molar-refractivity contribution in [2.24, 2.45) is 17.8 Å². The van der Waals surface area contributed by atoms with E-state index in [2.05, 4.69) is 37.5 Å². The van der Waals surface area contributed by atoms with E-state index in [0.29, 0.717) is 0 Å². The molecule has 2 fully saturated rings. The van der Waals surface area contributed by atoms with E-state index in [-0.39, 0.29) is 0 Å². The molecule has 2 rings (SSSR count). The number of rotatable bonds is 4. The summed E-state index contributed by atoms with van der Waals surface area (Å²) >= 11 is 0. The summed E-state index contributed by atoms with van der Waals surface area (Å²) in [6.07, 6.45) is 4.31. The third-order valence-corrected chi connectivity index (χ3v) is 5.10. The Morgan fingerprint density at radius 3 is 2.33 bits per heavy atom. The molecule has 106 valence electrons. The number of hydrogen-bond acceptors (Lipinski definition) is 2. The van der Waals surface area contributed by atoms with Crippen molar-refractivity contribution in [3.8, 4) is 0 Å². The molecule has 2 aliphatic rings. The number of hydrogen-bond donors (Lipinski definition) is 0. The fourth-order valence-corrected chi connectivity index (χ4v) is 3.88. The van der Waals surface area contributed by atoms with E-state index in [0.717, 1.165) is 23.8 Å². The van der Waals surface area contributed by atoms with E-state index in [1.165, 1.54) is 52.0 Å². The van der Waals surface area contributed by atoms with Gasteiger partial charge in [-0.3, -0.25) is 4.90 Å². The summed E-state index contributed by atoms with van der Waals surface area (Å²) in [5.74, 6) is 2.49. The van der Waals surface area contributed by atoms with Crippen LogP contribution in [0.25, 0.3) is 0 Å². The van der Waals surface area contributed by atoms with Crippen molar-refractivity contribution < 1.29 is 0 Å². The Morgan fingerprint density at radius 1 is 0.944 bits per heavy atom. The van der Waals surface area contributed by atoms with Gasteiger partial charge in [-0.25, -0.2) is 0 Å². The Labute approximate surface area is 114 Å². The first kappa shape index (κ1) is 14.3. The minimum Gasteiger partial charge on any atom is -0.300 e. The van der Waals surface area contributed by atoms with Crippen LogP contribution in [-0.2, 0) is 0 Å². The fourth-order valence-electron chi connectivity index (χ4n) is 3.88. The first-order valence-corrected chi connectivity index (χ1v) is 8.04. The molecule has 18 heavy (non-hydrogen) atoms. The maximum Gasteiger partial charge on any atom is 0.0223 e. The van der Waals surface area contributed by atoms with Crippen LogP contribution in [0.2, 0.25) is 0 Å². The van der Waals surface area contributed by atoms with Crippen LogP contribution in [0.5, 0.6) is 0 Å². The fraction of sp³-hybridized carbons (Fsp3) is 1.00. The Hall–Kier alpha value is -0.0800. The molecule has 0 bridgehead atoms. The Morgan fingerprint density at radius 2 is 1.67 bits per heavy atom. The number of fused-ring (bicyclic) bond motifs is 1. The lowest BCUT2D eigenvalue weighted by molar-refractivity contribution is 0.0325. The summed E-state index contributed by atoms with van der Waals surface area (Å²) in [6.45, 7) is 16.2. The van der Waals surface area contributed by atoms with Gasteiger partial charge in [-0.2, -0.15) is 0 Å². The minimum atomic E-state index is 0.814. The van der Waals surface area contributed by atoms with Gasteiger partial charge in [-0.1, -0.05) is 34.1 Å². The summed E-state index contributed by atoms with van der Waals surface area (Å²) < 4.78 is 0. The number of piperidine rings is 1. The molecule has 0 aromatic heterocycles. The second kappa shape index (κ2) is 6.38. The first-order chi connectivity index (χ1) is 8.58. The molecule has 1 unspecified atom stereocenters. The molecule has 2 aliphatic heterocycles. The molecule has 0 N–H and O–H groups in total. The molecule has 0 radical (unpaired) electrons. The number of nitrogens with zero attached hydrogens (tertiary/aromatic N) is 2. The lowest BCUT2D eigenvalue weighted by Gasteiger charge is -2.45. The standard InChI is InChI=1S/C16H32N2/c1-13(2)16(14(3)4)12-17-9-10-18-8-6-5-7-15(18)11-17/h13-16H,5-12H2,1-4H3. The van der Waals surface area contributed by atoms with Gasteiger partial charge in [0.05, 0.1) is 0 Å². The highest BCUT2D eigenvalue weighted by molar-refractivity contribution is 4.86. The van der Waals surface area contributed by atoms with E-state index >= 15 is 0 Å². The van der Waals surface area contributed by atoms with Gasteiger partial charge in [-0.15, -0.1) is 0 Å². The Kier molecular flexibility index (Phi) is 5.08. The van der Waals surface area contributed by atoms with Gasteiger partial charge in [0, 0.05) is 32.2 Å². The van der Waals surface area contributed by atoms with Crippen LogP contribution in [0.3, 0.4) is 0 Å². The third-order valence-electron chi connectivity index (χ3n) is 5.10. The molecule has 0 saturated carbocycles. The first-order valence-electron chi connectivity index (χ1n) is 8.04. The van der Waals surface area contributed by atoms with Crippen LogP contribution in [0.15, 0.2) is 0 Å².